The first-order valence-electron chi connectivity index (χ1n) is 12.7. The van der Waals surface area contributed by atoms with Crippen LogP contribution in [0.2, 0.25) is 0 Å². The third kappa shape index (κ3) is 6.02. The summed E-state index contributed by atoms with van der Waals surface area (Å²) in [6.07, 6.45) is 5.09. The molecule has 0 aromatic heterocycles. The number of carbonyl (C=O) groups excluding carboxylic acids is 2. The average molecular weight is 495 g/mol. The molecule has 1 atom stereocenters. The fraction of sp³-hybridized carbons (Fsp3) is 0.481. The number of nitrogens with zero attached hydrogens (tertiary/aromatic N) is 3. The molecule has 2 aromatic rings. The van der Waals surface area contributed by atoms with Crippen molar-refractivity contribution in [3.63, 3.8) is 0 Å². The van der Waals surface area contributed by atoms with Crippen molar-refractivity contribution in [3.8, 4) is 5.75 Å². The lowest BCUT2D eigenvalue weighted by molar-refractivity contribution is -0.384. The SMILES string of the molecule is COc1ccccc1CCNC(=O)C(C1CCCC1)N1CCN(C(=O)c2ccc([N+](=O)[O-])cc2)CC1. The summed E-state index contributed by atoms with van der Waals surface area (Å²) >= 11 is 0. The molecule has 1 N–H and O–H groups in total. The van der Waals surface area contributed by atoms with Crippen molar-refractivity contribution < 1.29 is 19.2 Å². The van der Waals surface area contributed by atoms with Gasteiger partial charge in [0.2, 0.25) is 5.91 Å². The van der Waals surface area contributed by atoms with Crippen molar-refractivity contribution in [2.75, 3.05) is 39.8 Å². The van der Waals surface area contributed by atoms with Crippen molar-refractivity contribution in [1.82, 2.24) is 15.1 Å². The maximum Gasteiger partial charge on any atom is 0.269 e. The number of rotatable bonds is 9. The first-order chi connectivity index (χ1) is 17.5. The van der Waals surface area contributed by atoms with Gasteiger partial charge in [0.15, 0.2) is 0 Å². The van der Waals surface area contributed by atoms with Crippen LogP contribution < -0.4 is 10.1 Å². The molecular weight excluding hydrogens is 460 g/mol. The lowest BCUT2D eigenvalue weighted by Crippen LogP contribution is -2.58. The summed E-state index contributed by atoms with van der Waals surface area (Å²) in [7, 11) is 1.65. The maximum absolute atomic E-state index is 13.4. The van der Waals surface area contributed by atoms with Gasteiger partial charge in [0.1, 0.15) is 5.75 Å². The van der Waals surface area contributed by atoms with Gasteiger partial charge in [0.05, 0.1) is 18.1 Å². The lowest BCUT2D eigenvalue weighted by atomic mass is 9.94. The molecule has 0 radical (unpaired) electrons. The highest BCUT2D eigenvalue weighted by Crippen LogP contribution is 2.31. The number of benzene rings is 2. The van der Waals surface area contributed by atoms with E-state index in [0.717, 1.165) is 37.0 Å². The van der Waals surface area contributed by atoms with Gasteiger partial charge in [-0.2, -0.15) is 0 Å². The van der Waals surface area contributed by atoms with Crippen LogP contribution >= 0.6 is 0 Å². The zero-order chi connectivity index (χ0) is 25.5. The topological polar surface area (TPSA) is 105 Å². The smallest absolute Gasteiger partial charge is 0.269 e. The summed E-state index contributed by atoms with van der Waals surface area (Å²) in [6, 6.07) is 13.4. The Balaban J connectivity index is 1.35. The number of ether oxygens (including phenoxy) is 1. The lowest BCUT2D eigenvalue weighted by Gasteiger charge is -2.40. The van der Waals surface area contributed by atoms with E-state index in [4.69, 9.17) is 4.74 Å². The normalized spacial score (nSPS) is 17.5. The van der Waals surface area contributed by atoms with Crippen molar-refractivity contribution in [2.45, 2.75) is 38.1 Å². The fourth-order valence-electron chi connectivity index (χ4n) is 5.40. The molecule has 1 unspecified atom stereocenters. The Hall–Kier alpha value is -3.46. The van der Waals surface area contributed by atoms with Crippen molar-refractivity contribution in [2.24, 2.45) is 5.92 Å². The van der Waals surface area contributed by atoms with Gasteiger partial charge in [0, 0.05) is 50.4 Å². The summed E-state index contributed by atoms with van der Waals surface area (Å²) in [5, 5.41) is 14.0. The van der Waals surface area contributed by atoms with E-state index in [1.165, 1.54) is 24.3 Å². The Morgan fingerprint density at radius 1 is 1.06 bits per heavy atom. The molecule has 4 rings (SSSR count). The van der Waals surface area contributed by atoms with E-state index >= 15 is 0 Å². The molecule has 1 saturated carbocycles. The van der Waals surface area contributed by atoms with Crippen LogP contribution in [0.4, 0.5) is 5.69 Å². The Bertz CT molecular complexity index is 1060. The van der Waals surface area contributed by atoms with Crippen LogP contribution in [0.15, 0.2) is 48.5 Å². The van der Waals surface area contributed by atoms with Gasteiger partial charge in [-0.1, -0.05) is 31.0 Å². The first kappa shape index (κ1) is 25.6. The molecule has 2 amide bonds. The molecule has 1 aliphatic carbocycles. The number of amides is 2. The van der Waals surface area contributed by atoms with E-state index in [1.54, 1.807) is 12.0 Å². The molecule has 2 fully saturated rings. The number of nitro groups is 1. The number of hydrogen-bond acceptors (Lipinski definition) is 6. The minimum Gasteiger partial charge on any atom is -0.496 e. The van der Waals surface area contributed by atoms with Crippen LogP contribution in [0, 0.1) is 16.0 Å². The van der Waals surface area contributed by atoms with E-state index in [1.807, 2.05) is 24.3 Å². The quantitative estimate of drug-likeness (QED) is 0.424. The molecular formula is C27H34N4O5. The van der Waals surface area contributed by atoms with Crippen LogP contribution in [0.25, 0.3) is 0 Å². The predicted molar refractivity (Wildman–Crippen MR) is 136 cm³/mol. The highest BCUT2D eigenvalue weighted by molar-refractivity contribution is 5.94. The maximum atomic E-state index is 13.4. The molecule has 9 nitrogen and oxygen atoms in total. The Morgan fingerprint density at radius 3 is 2.36 bits per heavy atom. The number of carbonyl (C=O) groups is 2. The zero-order valence-electron chi connectivity index (χ0n) is 20.7. The molecule has 1 heterocycles. The Morgan fingerprint density at radius 2 is 1.72 bits per heavy atom. The van der Waals surface area contributed by atoms with Gasteiger partial charge >= 0.3 is 0 Å². The van der Waals surface area contributed by atoms with E-state index in [2.05, 4.69) is 10.2 Å². The van der Waals surface area contributed by atoms with Gasteiger partial charge in [-0.3, -0.25) is 24.6 Å². The van der Waals surface area contributed by atoms with Crippen LogP contribution in [0.3, 0.4) is 0 Å². The van der Waals surface area contributed by atoms with Crippen LogP contribution in [-0.2, 0) is 11.2 Å². The molecule has 192 valence electrons. The minimum absolute atomic E-state index is 0.0347. The third-order valence-electron chi connectivity index (χ3n) is 7.32. The number of para-hydroxylation sites is 1. The average Bonchev–Trinajstić information content (AvgIpc) is 3.43. The number of non-ortho nitro benzene ring substituents is 1. The number of methoxy groups -OCH3 is 1. The molecule has 2 aromatic carbocycles. The van der Waals surface area contributed by atoms with Gasteiger partial charge in [-0.15, -0.1) is 0 Å². The predicted octanol–water partition coefficient (Wildman–Crippen LogP) is 3.28. The second kappa shape index (κ2) is 12.0. The summed E-state index contributed by atoms with van der Waals surface area (Å²) in [5.41, 5.74) is 1.47. The van der Waals surface area contributed by atoms with Crippen LogP contribution in [0.1, 0.15) is 41.6 Å². The fourth-order valence-corrected chi connectivity index (χ4v) is 5.40. The summed E-state index contributed by atoms with van der Waals surface area (Å²) in [4.78, 5) is 40.7. The minimum atomic E-state index is -0.475. The largest absolute Gasteiger partial charge is 0.496 e. The summed E-state index contributed by atoms with van der Waals surface area (Å²) in [5.74, 6) is 1.08. The standard InChI is InChI=1S/C27H34N4O5/c1-36-24-9-5-4-6-20(24)14-15-28-26(32)25(21-7-2-3-8-21)29-16-18-30(19-17-29)27(33)22-10-12-23(13-11-22)31(34)35/h4-6,9-13,21,25H,2-3,7-8,14-19H2,1H3,(H,28,32). The van der Waals surface area contributed by atoms with E-state index in [0.29, 0.717) is 50.6 Å². The van der Waals surface area contributed by atoms with Gasteiger partial charge in [0.25, 0.3) is 11.6 Å². The van der Waals surface area contributed by atoms with Gasteiger partial charge in [-0.25, -0.2) is 0 Å². The monoisotopic (exact) mass is 494 g/mol. The molecule has 0 spiro atoms. The van der Waals surface area contributed by atoms with Crippen molar-refractivity contribution >= 4 is 17.5 Å². The highest BCUT2D eigenvalue weighted by atomic mass is 16.6. The molecule has 9 heteroatoms. The second-order valence-corrected chi connectivity index (χ2v) is 9.47. The van der Waals surface area contributed by atoms with Gasteiger partial charge in [-0.05, 0) is 48.9 Å². The van der Waals surface area contributed by atoms with Crippen molar-refractivity contribution in [3.05, 3.63) is 69.8 Å². The number of nitrogens with one attached hydrogen (secondary N) is 1. The zero-order valence-corrected chi connectivity index (χ0v) is 20.7. The Labute approximate surface area is 211 Å². The molecule has 2 aliphatic rings. The van der Waals surface area contributed by atoms with Crippen LogP contribution in [0.5, 0.6) is 5.75 Å². The van der Waals surface area contributed by atoms with Crippen molar-refractivity contribution in [1.29, 1.82) is 0 Å². The molecule has 1 saturated heterocycles. The van der Waals surface area contributed by atoms with Crippen LogP contribution in [-0.4, -0.2) is 72.4 Å². The summed E-state index contributed by atoms with van der Waals surface area (Å²) < 4.78 is 5.42. The highest BCUT2D eigenvalue weighted by Gasteiger charge is 2.37. The molecule has 36 heavy (non-hydrogen) atoms. The molecule has 0 bridgehead atoms. The second-order valence-electron chi connectivity index (χ2n) is 9.47. The van der Waals surface area contributed by atoms with E-state index in [-0.39, 0.29) is 23.5 Å². The Kier molecular flexibility index (Phi) is 8.53. The molecule has 1 aliphatic heterocycles. The summed E-state index contributed by atoms with van der Waals surface area (Å²) in [6.45, 7) is 2.84. The third-order valence-corrected chi connectivity index (χ3v) is 7.32. The van der Waals surface area contributed by atoms with Gasteiger partial charge < -0.3 is 15.0 Å². The number of piperazine rings is 1. The number of hydrogen-bond donors (Lipinski definition) is 1. The van der Waals surface area contributed by atoms with E-state index in [9.17, 15) is 19.7 Å². The number of nitro benzene ring substituents is 1. The first-order valence-corrected chi connectivity index (χ1v) is 12.7. The van der Waals surface area contributed by atoms with E-state index < -0.39 is 4.92 Å².